The van der Waals surface area contributed by atoms with Crippen LogP contribution in [0.1, 0.15) is 69.6 Å². The molecular formula is C36H48N6O15. The highest BCUT2D eigenvalue weighted by atomic mass is 16.5. The van der Waals surface area contributed by atoms with Crippen LogP contribution in [-0.2, 0) is 14.2 Å². The number of carboxylic acids is 3. The quantitative estimate of drug-likeness (QED) is 0.156. The number of benzene rings is 3. The summed E-state index contributed by atoms with van der Waals surface area (Å²) in [6.45, 7) is 6.00. The van der Waals surface area contributed by atoms with E-state index >= 15 is 0 Å². The van der Waals surface area contributed by atoms with Crippen LogP contribution in [0.3, 0.4) is 0 Å². The van der Waals surface area contributed by atoms with Crippen LogP contribution in [-0.4, -0.2) is 106 Å². The number of nitrogens with one attached hydrogen (secondary N) is 3. The number of carbonyl (C=O) groups is 6. The maximum atomic E-state index is 10.6. The van der Waals surface area contributed by atoms with Gasteiger partial charge >= 0.3 is 36.0 Å². The van der Waals surface area contributed by atoms with Crippen molar-refractivity contribution in [3.05, 3.63) is 71.3 Å². The molecule has 15 N–H and O–H groups in total. The van der Waals surface area contributed by atoms with E-state index in [4.69, 9.17) is 62.1 Å². The van der Waals surface area contributed by atoms with Gasteiger partial charge in [-0.3, -0.25) is 0 Å². The van der Waals surface area contributed by atoms with E-state index in [0.717, 1.165) is 76.0 Å². The Morgan fingerprint density at radius 2 is 0.632 bits per heavy atom. The molecule has 21 heteroatoms. The summed E-state index contributed by atoms with van der Waals surface area (Å²) in [5.41, 5.74) is 14.2. The summed E-state index contributed by atoms with van der Waals surface area (Å²) in [6.07, 6.45) is 7.67. The molecule has 0 unspecified atom stereocenters. The molecule has 3 aromatic rings. The van der Waals surface area contributed by atoms with Crippen molar-refractivity contribution in [3.63, 3.8) is 0 Å². The molecule has 312 valence electrons. The zero-order valence-corrected chi connectivity index (χ0v) is 30.8. The second kappa shape index (κ2) is 26.9. The van der Waals surface area contributed by atoms with Crippen LogP contribution in [0.25, 0.3) is 0 Å². The molecule has 3 heterocycles. The first-order valence-electron chi connectivity index (χ1n) is 17.1. The number of primary amides is 3. The molecule has 0 saturated carbocycles. The Hall–Kier alpha value is -6.84. The lowest BCUT2D eigenvalue weighted by molar-refractivity contribution is 0.0682. The van der Waals surface area contributed by atoms with Crippen molar-refractivity contribution in [2.75, 3.05) is 55.6 Å². The number of aromatic hydroxyl groups is 3. The van der Waals surface area contributed by atoms with Gasteiger partial charge in [0, 0.05) is 56.7 Å². The Labute approximate surface area is 326 Å². The third kappa shape index (κ3) is 21.6. The van der Waals surface area contributed by atoms with Crippen LogP contribution in [0, 0.1) is 0 Å². The molecular weight excluding hydrogens is 756 g/mol. The normalized spacial score (nSPS) is 13.3. The molecule has 3 saturated heterocycles. The standard InChI is InChI=1S/3C8H8N2O4.3C4H8O/c3*9-8(14)10-4-1-2-6(11)5(3-4)7(12)13;3*1-2-4-5-3-1/h3*1-3,11H,(H,12,13)(H3,9,10,14);3*1-4H2. The molecule has 3 aliphatic rings. The van der Waals surface area contributed by atoms with Gasteiger partial charge in [-0.1, -0.05) is 0 Å². The molecule has 0 aliphatic carbocycles. The average molecular weight is 805 g/mol. The predicted octanol–water partition coefficient (Wildman–Crippen LogP) is 4.13. The van der Waals surface area contributed by atoms with Crippen molar-refractivity contribution < 1.29 is 73.6 Å². The van der Waals surface area contributed by atoms with Crippen LogP contribution in [0.2, 0.25) is 0 Å². The van der Waals surface area contributed by atoms with Gasteiger partial charge < -0.3 is 78.0 Å². The smallest absolute Gasteiger partial charge is 0.339 e. The molecule has 0 atom stereocenters. The average Bonchev–Trinajstić information content (AvgIpc) is 3.99. The van der Waals surface area contributed by atoms with Crippen molar-refractivity contribution in [2.45, 2.75) is 38.5 Å². The van der Waals surface area contributed by atoms with Crippen molar-refractivity contribution >= 4 is 53.1 Å². The Kier molecular flexibility index (Phi) is 22.7. The van der Waals surface area contributed by atoms with Crippen LogP contribution >= 0.6 is 0 Å². The van der Waals surface area contributed by atoms with Crippen molar-refractivity contribution in [1.82, 2.24) is 0 Å². The maximum Gasteiger partial charge on any atom is 0.339 e. The predicted molar refractivity (Wildman–Crippen MR) is 205 cm³/mol. The highest BCUT2D eigenvalue weighted by Crippen LogP contribution is 2.23. The lowest BCUT2D eigenvalue weighted by Crippen LogP contribution is -2.19. The number of hydrogen-bond acceptors (Lipinski definition) is 12. The molecule has 0 aromatic heterocycles. The Bertz CT molecular complexity index is 1550. The number of rotatable bonds is 6. The molecule has 3 fully saturated rings. The molecule has 3 aromatic carbocycles. The topological polar surface area (TPSA) is 366 Å². The fourth-order valence-corrected chi connectivity index (χ4v) is 4.31. The third-order valence-electron chi connectivity index (χ3n) is 6.97. The molecule has 0 spiro atoms. The van der Waals surface area contributed by atoms with Gasteiger partial charge in [0.25, 0.3) is 0 Å². The van der Waals surface area contributed by atoms with Gasteiger partial charge in [-0.05, 0) is 93.1 Å². The minimum absolute atomic E-state index is 0.215. The van der Waals surface area contributed by atoms with E-state index in [-0.39, 0.29) is 51.0 Å². The van der Waals surface area contributed by atoms with E-state index in [1.807, 2.05) is 0 Å². The summed E-state index contributed by atoms with van der Waals surface area (Å²) < 4.78 is 14.8. The van der Waals surface area contributed by atoms with Crippen LogP contribution in [0.4, 0.5) is 31.4 Å². The number of urea groups is 3. The van der Waals surface area contributed by atoms with Gasteiger partial charge in [0.2, 0.25) is 0 Å². The third-order valence-corrected chi connectivity index (χ3v) is 6.97. The molecule has 6 amide bonds. The van der Waals surface area contributed by atoms with Crippen molar-refractivity contribution in [1.29, 1.82) is 0 Å². The molecule has 3 aliphatic heterocycles. The Morgan fingerprint density at radius 1 is 0.421 bits per heavy atom. The van der Waals surface area contributed by atoms with Crippen molar-refractivity contribution in [2.24, 2.45) is 17.2 Å². The Balaban J connectivity index is 0.000000361. The van der Waals surface area contributed by atoms with Gasteiger partial charge in [-0.25, -0.2) is 28.8 Å². The van der Waals surface area contributed by atoms with Gasteiger partial charge in [0.1, 0.15) is 33.9 Å². The Morgan fingerprint density at radius 3 is 0.772 bits per heavy atom. The summed E-state index contributed by atoms with van der Waals surface area (Å²) in [6, 6.07) is 8.45. The van der Waals surface area contributed by atoms with Gasteiger partial charge in [0.15, 0.2) is 0 Å². The van der Waals surface area contributed by atoms with Crippen LogP contribution in [0.5, 0.6) is 17.2 Å². The molecule has 6 rings (SSSR count). The van der Waals surface area contributed by atoms with E-state index in [1.165, 1.54) is 56.7 Å². The second-order valence-electron chi connectivity index (χ2n) is 11.5. The largest absolute Gasteiger partial charge is 0.507 e. The number of anilines is 3. The zero-order chi connectivity index (χ0) is 42.8. The number of carbonyl (C=O) groups excluding carboxylic acids is 3. The summed E-state index contributed by atoms with van der Waals surface area (Å²) in [7, 11) is 0. The van der Waals surface area contributed by atoms with E-state index in [1.54, 1.807) is 0 Å². The maximum absolute atomic E-state index is 10.6. The minimum Gasteiger partial charge on any atom is -0.507 e. The number of nitrogens with two attached hydrogens (primary N) is 3. The molecule has 57 heavy (non-hydrogen) atoms. The molecule has 21 nitrogen and oxygen atoms in total. The second-order valence-corrected chi connectivity index (χ2v) is 11.5. The van der Waals surface area contributed by atoms with Crippen LogP contribution < -0.4 is 33.2 Å². The van der Waals surface area contributed by atoms with E-state index < -0.39 is 36.0 Å². The molecule has 0 bridgehead atoms. The lowest BCUT2D eigenvalue weighted by atomic mass is 10.2. The number of aromatic carboxylic acids is 3. The highest BCUT2D eigenvalue weighted by molar-refractivity contribution is 5.96. The fourth-order valence-electron chi connectivity index (χ4n) is 4.31. The first-order chi connectivity index (χ1) is 27.0. The molecule has 0 radical (unpaired) electrons. The van der Waals surface area contributed by atoms with Crippen molar-refractivity contribution in [3.8, 4) is 17.2 Å². The number of amides is 6. The first-order valence-corrected chi connectivity index (χ1v) is 17.1. The number of phenols is 3. The van der Waals surface area contributed by atoms with Crippen LogP contribution in [0.15, 0.2) is 54.6 Å². The number of ether oxygens (including phenoxy) is 3. The minimum atomic E-state index is -1.28. The van der Waals surface area contributed by atoms with Gasteiger partial charge in [-0.15, -0.1) is 0 Å². The fraction of sp³-hybridized carbons (Fsp3) is 0.333. The van der Waals surface area contributed by atoms with E-state index in [2.05, 4.69) is 16.0 Å². The monoisotopic (exact) mass is 804 g/mol. The first kappa shape index (κ1) is 48.2. The summed E-state index contributed by atoms with van der Waals surface area (Å²) >= 11 is 0. The van der Waals surface area contributed by atoms with E-state index in [9.17, 15) is 28.8 Å². The number of carboxylic acid groups (broad SMARTS) is 3. The SMILES string of the molecule is C1CCOC1.C1CCOC1.C1CCOC1.NC(=O)Nc1ccc(O)c(C(=O)O)c1.NC(=O)Nc1ccc(O)c(C(=O)O)c1.NC(=O)Nc1ccc(O)c(C(=O)O)c1. The summed E-state index contributed by atoms with van der Waals surface area (Å²) in [4.78, 5) is 63.0. The summed E-state index contributed by atoms with van der Waals surface area (Å²) in [5, 5.41) is 59.8. The van der Waals surface area contributed by atoms with Gasteiger partial charge in [-0.2, -0.15) is 0 Å². The zero-order valence-electron chi connectivity index (χ0n) is 30.8. The lowest BCUT2D eigenvalue weighted by Gasteiger charge is -2.04. The van der Waals surface area contributed by atoms with E-state index in [0.29, 0.717) is 0 Å². The van der Waals surface area contributed by atoms with Gasteiger partial charge in [0.05, 0.1) is 0 Å². The summed E-state index contributed by atoms with van der Waals surface area (Å²) in [5.74, 6) is -4.95. The number of hydrogen-bond donors (Lipinski definition) is 12. The highest BCUT2D eigenvalue weighted by Gasteiger charge is 2.12.